The summed E-state index contributed by atoms with van der Waals surface area (Å²) in [6.45, 7) is 0.226. The van der Waals surface area contributed by atoms with Gasteiger partial charge in [0.15, 0.2) is 0 Å². The lowest BCUT2D eigenvalue weighted by molar-refractivity contribution is -0.118. The number of anilines is 1. The molecule has 2 N–H and O–H groups in total. The van der Waals surface area contributed by atoms with Crippen molar-refractivity contribution in [3.63, 3.8) is 0 Å². The van der Waals surface area contributed by atoms with Gasteiger partial charge in [0, 0.05) is 25.3 Å². The van der Waals surface area contributed by atoms with E-state index in [0.29, 0.717) is 11.3 Å². The third-order valence-corrected chi connectivity index (χ3v) is 4.25. The van der Waals surface area contributed by atoms with Gasteiger partial charge in [-0.1, -0.05) is 30.3 Å². The molecule has 0 aliphatic rings. The van der Waals surface area contributed by atoms with Crippen molar-refractivity contribution in [1.29, 1.82) is 0 Å². The summed E-state index contributed by atoms with van der Waals surface area (Å²) in [4.78, 5) is 27.3. The smallest absolute Gasteiger partial charge is 0.268 e. The molecule has 1 aromatic heterocycles. The van der Waals surface area contributed by atoms with Gasteiger partial charge in [0.1, 0.15) is 11.5 Å². The van der Waals surface area contributed by atoms with Crippen molar-refractivity contribution in [3.8, 4) is 0 Å². The first-order chi connectivity index (χ1) is 14.0. The molecule has 0 atom stereocenters. The molecule has 148 valence electrons. The van der Waals surface area contributed by atoms with Crippen LogP contribution in [0.15, 0.2) is 83.1 Å². The van der Waals surface area contributed by atoms with E-state index in [1.807, 2.05) is 49.3 Å². The Morgan fingerprint density at radius 3 is 2.31 bits per heavy atom. The molecule has 0 bridgehead atoms. The lowest BCUT2D eigenvalue weighted by Gasteiger charge is -2.13. The van der Waals surface area contributed by atoms with E-state index in [9.17, 15) is 9.59 Å². The van der Waals surface area contributed by atoms with E-state index in [-0.39, 0.29) is 18.1 Å². The highest BCUT2D eigenvalue weighted by molar-refractivity contribution is 6.05. The van der Waals surface area contributed by atoms with Gasteiger partial charge in [-0.05, 0) is 48.0 Å². The molecule has 0 radical (unpaired) electrons. The molecule has 2 amide bonds. The fourth-order valence-corrected chi connectivity index (χ4v) is 2.65. The van der Waals surface area contributed by atoms with E-state index >= 15 is 0 Å². The minimum absolute atomic E-state index is 0.156. The Morgan fingerprint density at radius 1 is 0.966 bits per heavy atom. The van der Waals surface area contributed by atoms with E-state index in [1.54, 1.807) is 48.7 Å². The minimum atomic E-state index is -0.401. The van der Waals surface area contributed by atoms with Crippen molar-refractivity contribution >= 4 is 23.6 Å². The molecule has 3 aromatic rings. The quantitative estimate of drug-likeness (QED) is 0.607. The number of hydrogen-bond acceptors (Lipinski definition) is 4. The molecule has 0 spiro atoms. The Labute approximate surface area is 169 Å². The van der Waals surface area contributed by atoms with Crippen LogP contribution in [0.25, 0.3) is 6.08 Å². The van der Waals surface area contributed by atoms with Crippen molar-refractivity contribution in [2.45, 2.75) is 6.54 Å². The van der Waals surface area contributed by atoms with Gasteiger partial charge < -0.3 is 20.0 Å². The van der Waals surface area contributed by atoms with Crippen LogP contribution in [-0.4, -0.2) is 25.9 Å². The summed E-state index contributed by atoms with van der Waals surface area (Å²) >= 11 is 0. The van der Waals surface area contributed by atoms with Crippen molar-refractivity contribution in [1.82, 2.24) is 10.6 Å². The summed E-state index contributed by atoms with van der Waals surface area (Å²) in [5.74, 6) is -0.125. The van der Waals surface area contributed by atoms with E-state index in [1.165, 1.54) is 0 Å². The summed E-state index contributed by atoms with van der Waals surface area (Å²) in [7, 11) is 3.91. The third-order valence-electron chi connectivity index (χ3n) is 4.25. The third kappa shape index (κ3) is 5.59. The first-order valence-electron chi connectivity index (χ1n) is 9.19. The number of benzene rings is 2. The van der Waals surface area contributed by atoms with Crippen molar-refractivity contribution in [2.75, 3.05) is 19.0 Å². The Hall–Kier alpha value is -3.80. The first-order valence-corrected chi connectivity index (χ1v) is 9.19. The topological polar surface area (TPSA) is 74.6 Å². The molecular formula is C23H23N3O3. The van der Waals surface area contributed by atoms with Gasteiger partial charge in [-0.3, -0.25) is 9.59 Å². The maximum absolute atomic E-state index is 12.7. The number of hydrogen-bond donors (Lipinski definition) is 2. The van der Waals surface area contributed by atoms with Crippen LogP contribution in [0.2, 0.25) is 0 Å². The number of amides is 2. The first kappa shape index (κ1) is 19.9. The Bertz CT molecular complexity index is 976. The fraction of sp³-hybridized carbons (Fsp3) is 0.130. The zero-order valence-electron chi connectivity index (χ0n) is 16.4. The normalized spacial score (nSPS) is 11.0. The second kappa shape index (κ2) is 9.41. The monoisotopic (exact) mass is 389 g/mol. The number of furan rings is 1. The summed E-state index contributed by atoms with van der Waals surface area (Å²) in [6, 6.07) is 20.0. The van der Waals surface area contributed by atoms with Gasteiger partial charge in [0.25, 0.3) is 11.8 Å². The van der Waals surface area contributed by atoms with Gasteiger partial charge in [-0.2, -0.15) is 0 Å². The standard InChI is InChI=1S/C23H23N3O3/c1-26(2)19-12-10-17(11-13-19)15-21(23(28)24-16-20-9-6-14-29-20)25-22(27)18-7-4-3-5-8-18/h3-15H,16H2,1-2H3,(H,24,28)(H,25,27)/b21-15+. The van der Waals surface area contributed by atoms with E-state index in [4.69, 9.17) is 4.42 Å². The maximum atomic E-state index is 12.7. The Morgan fingerprint density at radius 2 is 1.69 bits per heavy atom. The molecule has 1 heterocycles. The molecule has 0 saturated heterocycles. The lowest BCUT2D eigenvalue weighted by Crippen LogP contribution is -2.34. The van der Waals surface area contributed by atoms with Crippen LogP contribution in [0, 0.1) is 0 Å². The van der Waals surface area contributed by atoms with Crippen LogP contribution in [-0.2, 0) is 11.3 Å². The molecule has 3 rings (SSSR count). The highest BCUT2D eigenvalue weighted by atomic mass is 16.3. The molecule has 0 aliphatic heterocycles. The fourth-order valence-electron chi connectivity index (χ4n) is 2.65. The number of carbonyl (C=O) groups is 2. The molecule has 0 aliphatic carbocycles. The average Bonchev–Trinajstić information content (AvgIpc) is 3.26. The minimum Gasteiger partial charge on any atom is -0.467 e. The van der Waals surface area contributed by atoms with E-state index in [0.717, 1.165) is 11.3 Å². The second-order valence-corrected chi connectivity index (χ2v) is 6.63. The van der Waals surface area contributed by atoms with Gasteiger partial charge in [-0.25, -0.2) is 0 Å². The molecule has 2 aromatic carbocycles. The van der Waals surface area contributed by atoms with Crippen LogP contribution in [0.1, 0.15) is 21.7 Å². The van der Waals surface area contributed by atoms with Crippen molar-refractivity contribution < 1.29 is 14.0 Å². The molecule has 29 heavy (non-hydrogen) atoms. The van der Waals surface area contributed by atoms with Crippen LogP contribution in [0.4, 0.5) is 5.69 Å². The van der Waals surface area contributed by atoms with Crippen LogP contribution >= 0.6 is 0 Å². The summed E-state index contributed by atoms with van der Waals surface area (Å²) in [5, 5.41) is 5.49. The van der Waals surface area contributed by atoms with Crippen LogP contribution in [0.5, 0.6) is 0 Å². The molecular weight excluding hydrogens is 366 g/mol. The summed E-state index contributed by atoms with van der Waals surface area (Å²) < 4.78 is 5.24. The van der Waals surface area contributed by atoms with Crippen molar-refractivity contribution in [2.24, 2.45) is 0 Å². The van der Waals surface area contributed by atoms with Gasteiger partial charge >= 0.3 is 0 Å². The second-order valence-electron chi connectivity index (χ2n) is 6.63. The average molecular weight is 389 g/mol. The maximum Gasteiger partial charge on any atom is 0.268 e. The van der Waals surface area contributed by atoms with E-state index in [2.05, 4.69) is 10.6 Å². The summed E-state index contributed by atoms with van der Waals surface area (Å²) in [5.41, 5.74) is 2.47. The number of nitrogens with one attached hydrogen (secondary N) is 2. The lowest BCUT2D eigenvalue weighted by atomic mass is 10.1. The highest BCUT2D eigenvalue weighted by Gasteiger charge is 2.15. The largest absolute Gasteiger partial charge is 0.467 e. The van der Waals surface area contributed by atoms with Gasteiger partial charge in [-0.15, -0.1) is 0 Å². The predicted octanol–water partition coefficient (Wildman–Crippen LogP) is 3.43. The molecule has 6 heteroatoms. The van der Waals surface area contributed by atoms with Gasteiger partial charge in [0.05, 0.1) is 12.8 Å². The Balaban J connectivity index is 1.81. The van der Waals surface area contributed by atoms with E-state index < -0.39 is 5.91 Å². The summed E-state index contributed by atoms with van der Waals surface area (Å²) in [6.07, 6.45) is 3.19. The molecule has 6 nitrogen and oxygen atoms in total. The van der Waals surface area contributed by atoms with Crippen LogP contribution in [0.3, 0.4) is 0 Å². The zero-order valence-corrected chi connectivity index (χ0v) is 16.4. The number of carbonyl (C=O) groups excluding carboxylic acids is 2. The van der Waals surface area contributed by atoms with Gasteiger partial charge in [0.2, 0.25) is 0 Å². The van der Waals surface area contributed by atoms with Crippen molar-refractivity contribution in [3.05, 3.63) is 95.6 Å². The predicted molar refractivity (Wildman–Crippen MR) is 113 cm³/mol. The number of nitrogens with zero attached hydrogens (tertiary/aromatic N) is 1. The Kier molecular flexibility index (Phi) is 6.47. The SMILES string of the molecule is CN(C)c1ccc(/C=C(/NC(=O)c2ccccc2)C(=O)NCc2ccco2)cc1. The molecule has 0 unspecified atom stereocenters. The highest BCUT2D eigenvalue weighted by Crippen LogP contribution is 2.15. The zero-order chi connectivity index (χ0) is 20.6. The number of rotatable bonds is 7. The molecule has 0 saturated carbocycles. The molecule has 0 fully saturated rings. The van der Waals surface area contributed by atoms with Crippen LogP contribution < -0.4 is 15.5 Å².